The Morgan fingerprint density at radius 2 is 2.21 bits per heavy atom. The monoisotopic (exact) mass is 265 g/mol. The van der Waals surface area contributed by atoms with Gasteiger partial charge in [-0.2, -0.15) is 0 Å². The summed E-state index contributed by atoms with van der Waals surface area (Å²) in [5.74, 6) is 0.0570. The van der Waals surface area contributed by atoms with Crippen molar-refractivity contribution in [3.8, 4) is 11.4 Å². The van der Waals surface area contributed by atoms with Crippen LogP contribution in [0, 0.1) is 5.82 Å². The summed E-state index contributed by atoms with van der Waals surface area (Å²) in [5.41, 5.74) is 6.73. The molecule has 7 heteroatoms. The van der Waals surface area contributed by atoms with Gasteiger partial charge in [0.15, 0.2) is 5.82 Å². The molecule has 0 unspecified atom stereocenters. The third kappa shape index (κ3) is 3.25. The van der Waals surface area contributed by atoms with E-state index in [1.54, 1.807) is 4.68 Å². The van der Waals surface area contributed by atoms with Crippen LogP contribution in [0.1, 0.15) is 13.8 Å². The van der Waals surface area contributed by atoms with Crippen molar-refractivity contribution in [2.24, 2.45) is 0 Å². The van der Waals surface area contributed by atoms with Crippen molar-refractivity contribution in [2.45, 2.75) is 26.5 Å². The minimum absolute atomic E-state index is 0.138. The van der Waals surface area contributed by atoms with Crippen LogP contribution in [0.15, 0.2) is 18.2 Å². The van der Waals surface area contributed by atoms with E-state index in [0.29, 0.717) is 30.2 Å². The van der Waals surface area contributed by atoms with Crippen LogP contribution in [0.5, 0.6) is 0 Å². The van der Waals surface area contributed by atoms with E-state index >= 15 is 0 Å². The molecule has 0 aliphatic carbocycles. The van der Waals surface area contributed by atoms with Crippen LogP contribution < -0.4 is 5.73 Å². The molecule has 0 radical (unpaired) electrons. The number of halogens is 1. The highest BCUT2D eigenvalue weighted by molar-refractivity contribution is 5.71. The van der Waals surface area contributed by atoms with Crippen LogP contribution in [-0.4, -0.2) is 32.9 Å². The molecule has 1 heterocycles. The van der Waals surface area contributed by atoms with Gasteiger partial charge >= 0.3 is 0 Å². The van der Waals surface area contributed by atoms with Gasteiger partial charge in [0.2, 0.25) is 0 Å². The normalized spacial score (nSPS) is 11.2. The Bertz CT molecular complexity index is 555. The van der Waals surface area contributed by atoms with E-state index in [2.05, 4.69) is 15.5 Å². The van der Waals surface area contributed by atoms with Crippen LogP contribution in [0.25, 0.3) is 11.4 Å². The number of aromatic nitrogens is 4. The fourth-order valence-corrected chi connectivity index (χ4v) is 1.65. The predicted molar refractivity (Wildman–Crippen MR) is 68.7 cm³/mol. The van der Waals surface area contributed by atoms with Gasteiger partial charge in [-0.15, -0.1) is 5.10 Å². The van der Waals surface area contributed by atoms with Crippen molar-refractivity contribution in [1.29, 1.82) is 0 Å². The van der Waals surface area contributed by atoms with E-state index in [9.17, 15) is 4.39 Å². The van der Waals surface area contributed by atoms with Gasteiger partial charge in [-0.3, -0.25) is 0 Å². The van der Waals surface area contributed by atoms with E-state index in [4.69, 9.17) is 10.5 Å². The standard InChI is InChI=1S/C12H16FN5O/c1-8(2)19-6-5-18-12(15-16-17-18)10-7-9(13)3-4-11(10)14/h3-4,7-8H,5-6,14H2,1-2H3. The molecule has 2 aromatic rings. The van der Waals surface area contributed by atoms with Gasteiger partial charge in [0.25, 0.3) is 0 Å². The van der Waals surface area contributed by atoms with Crippen LogP contribution >= 0.6 is 0 Å². The van der Waals surface area contributed by atoms with Crippen molar-refractivity contribution >= 4 is 5.69 Å². The zero-order valence-corrected chi connectivity index (χ0v) is 10.9. The first-order valence-corrected chi connectivity index (χ1v) is 6.01. The molecule has 0 saturated carbocycles. The van der Waals surface area contributed by atoms with Gasteiger partial charge in [-0.05, 0) is 42.5 Å². The fraction of sp³-hybridized carbons (Fsp3) is 0.417. The molecule has 1 aromatic carbocycles. The minimum atomic E-state index is -0.378. The molecular weight excluding hydrogens is 249 g/mol. The van der Waals surface area contributed by atoms with Gasteiger partial charge in [0, 0.05) is 11.3 Å². The third-order valence-corrected chi connectivity index (χ3v) is 2.54. The number of nitrogens with two attached hydrogens (primary N) is 1. The zero-order valence-electron chi connectivity index (χ0n) is 10.9. The van der Waals surface area contributed by atoms with Crippen molar-refractivity contribution in [1.82, 2.24) is 20.2 Å². The highest BCUT2D eigenvalue weighted by atomic mass is 19.1. The number of hydrogen-bond acceptors (Lipinski definition) is 5. The van der Waals surface area contributed by atoms with Gasteiger partial charge in [-0.25, -0.2) is 9.07 Å². The molecule has 0 amide bonds. The molecule has 0 aliphatic rings. The molecule has 0 aliphatic heterocycles. The molecular formula is C12H16FN5O. The first-order chi connectivity index (χ1) is 9.08. The van der Waals surface area contributed by atoms with Crippen LogP contribution in [-0.2, 0) is 11.3 Å². The highest BCUT2D eigenvalue weighted by Crippen LogP contribution is 2.24. The summed E-state index contributed by atoms with van der Waals surface area (Å²) in [5, 5.41) is 11.3. The second kappa shape index (κ2) is 5.75. The van der Waals surface area contributed by atoms with Crippen molar-refractivity contribution < 1.29 is 9.13 Å². The zero-order chi connectivity index (χ0) is 13.8. The van der Waals surface area contributed by atoms with Crippen LogP contribution in [0.4, 0.5) is 10.1 Å². The molecule has 0 spiro atoms. The average Bonchev–Trinajstić information content (AvgIpc) is 2.80. The maximum Gasteiger partial charge on any atom is 0.184 e. The number of rotatable bonds is 5. The average molecular weight is 265 g/mol. The van der Waals surface area contributed by atoms with E-state index in [0.717, 1.165) is 0 Å². The lowest BCUT2D eigenvalue weighted by atomic mass is 10.1. The Balaban J connectivity index is 2.21. The van der Waals surface area contributed by atoms with Gasteiger partial charge in [0.1, 0.15) is 5.82 Å². The number of nitrogen functional groups attached to an aromatic ring is 1. The maximum atomic E-state index is 13.3. The lowest BCUT2D eigenvalue weighted by molar-refractivity contribution is 0.0709. The quantitative estimate of drug-likeness (QED) is 0.828. The molecule has 102 valence electrons. The summed E-state index contributed by atoms with van der Waals surface area (Å²) in [6.07, 6.45) is 0.138. The molecule has 0 atom stereocenters. The van der Waals surface area contributed by atoms with E-state index in [-0.39, 0.29) is 11.9 Å². The van der Waals surface area contributed by atoms with E-state index in [1.165, 1.54) is 18.2 Å². The Kier molecular flexibility index (Phi) is 4.06. The summed E-state index contributed by atoms with van der Waals surface area (Å²) >= 11 is 0. The summed E-state index contributed by atoms with van der Waals surface area (Å²) in [4.78, 5) is 0. The molecule has 0 saturated heterocycles. The fourth-order valence-electron chi connectivity index (χ4n) is 1.65. The maximum absolute atomic E-state index is 13.3. The van der Waals surface area contributed by atoms with Crippen molar-refractivity contribution in [2.75, 3.05) is 12.3 Å². The second-order valence-corrected chi connectivity index (χ2v) is 4.38. The van der Waals surface area contributed by atoms with Crippen LogP contribution in [0.3, 0.4) is 0 Å². The number of tetrazole rings is 1. The lowest BCUT2D eigenvalue weighted by Gasteiger charge is -2.09. The SMILES string of the molecule is CC(C)OCCn1nnnc1-c1cc(F)ccc1N. The largest absolute Gasteiger partial charge is 0.398 e. The Morgan fingerprint density at radius 1 is 1.42 bits per heavy atom. The number of nitrogens with zero attached hydrogens (tertiary/aromatic N) is 4. The predicted octanol–water partition coefficient (Wildman–Crippen LogP) is 1.49. The van der Waals surface area contributed by atoms with Crippen LogP contribution in [0.2, 0.25) is 0 Å². The first kappa shape index (κ1) is 13.4. The summed E-state index contributed by atoms with van der Waals surface area (Å²) in [6.45, 7) is 4.86. The second-order valence-electron chi connectivity index (χ2n) is 4.38. The number of anilines is 1. The number of hydrogen-bond donors (Lipinski definition) is 1. The summed E-state index contributed by atoms with van der Waals surface area (Å²) < 4.78 is 20.3. The minimum Gasteiger partial charge on any atom is -0.398 e. The van der Waals surface area contributed by atoms with Crippen molar-refractivity contribution in [3.05, 3.63) is 24.0 Å². The van der Waals surface area contributed by atoms with Gasteiger partial charge in [0.05, 0.1) is 19.3 Å². The molecule has 2 N–H and O–H groups in total. The first-order valence-electron chi connectivity index (χ1n) is 6.01. The lowest BCUT2D eigenvalue weighted by Crippen LogP contribution is -2.13. The number of ether oxygens (including phenoxy) is 1. The summed E-state index contributed by atoms with van der Waals surface area (Å²) in [6, 6.07) is 4.12. The molecule has 19 heavy (non-hydrogen) atoms. The molecule has 2 rings (SSSR count). The summed E-state index contributed by atoms with van der Waals surface area (Å²) in [7, 11) is 0. The topological polar surface area (TPSA) is 78.8 Å². The highest BCUT2D eigenvalue weighted by Gasteiger charge is 2.13. The molecule has 1 aromatic heterocycles. The van der Waals surface area contributed by atoms with E-state index in [1.807, 2.05) is 13.8 Å². The van der Waals surface area contributed by atoms with E-state index < -0.39 is 0 Å². The molecule has 0 fully saturated rings. The number of benzene rings is 1. The van der Waals surface area contributed by atoms with Gasteiger partial charge in [-0.1, -0.05) is 0 Å². The Hall–Kier alpha value is -2.02. The molecule has 0 bridgehead atoms. The molecule has 6 nitrogen and oxygen atoms in total. The van der Waals surface area contributed by atoms with Crippen molar-refractivity contribution in [3.63, 3.8) is 0 Å². The smallest absolute Gasteiger partial charge is 0.184 e. The Labute approximate surface area is 110 Å². The third-order valence-electron chi connectivity index (χ3n) is 2.54. The van der Waals surface area contributed by atoms with Gasteiger partial charge < -0.3 is 10.5 Å². The Morgan fingerprint density at radius 3 is 2.95 bits per heavy atom.